The van der Waals surface area contributed by atoms with Crippen LogP contribution in [0.1, 0.15) is 94.5 Å². The van der Waals surface area contributed by atoms with Crippen LogP contribution in [-0.2, 0) is 4.79 Å². The maximum absolute atomic E-state index is 12.4. The summed E-state index contributed by atoms with van der Waals surface area (Å²) in [7, 11) is 0. The van der Waals surface area contributed by atoms with E-state index in [0.717, 1.165) is 37.2 Å². The van der Waals surface area contributed by atoms with Crippen molar-refractivity contribution in [2.45, 2.75) is 84.2 Å². The normalized spacial score (nSPS) is 42.1. The number of benzene rings is 1. The third-order valence-corrected chi connectivity index (χ3v) is 11.0. The highest BCUT2D eigenvalue weighted by Gasteiger charge is 2.61. The van der Waals surface area contributed by atoms with Crippen molar-refractivity contribution in [1.29, 1.82) is 0 Å². The van der Waals surface area contributed by atoms with E-state index in [4.69, 9.17) is 5.11 Å². The molecule has 0 amide bonds. The van der Waals surface area contributed by atoms with Gasteiger partial charge in [-0.05, 0) is 111 Å². The molecule has 8 atom stereocenters. The fraction of sp³-hybridized carbons (Fsp3) is 0.677. The minimum absolute atomic E-state index is 0.189. The summed E-state index contributed by atoms with van der Waals surface area (Å²) in [5.41, 5.74) is 0.722. The van der Waals surface area contributed by atoms with E-state index in [9.17, 15) is 14.7 Å². The van der Waals surface area contributed by atoms with Gasteiger partial charge in [0, 0.05) is 17.0 Å². The van der Waals surface area contributed by atoms with Gasteiger partial charge in [0.15, 0.2) is 5.78 Å². The second kappa shape index (κ2) is 8.86. The van der Waals surface area contributed by atoms with E-state index in [0.29, 0.717) is 35.5 Å². The third kappa shape index (κ3) is 4.09. The number of Topliss-reactive ketones (excluding diaryl/α,β-unsaturated/α-hetero) is 2. The van der Waals surface area contributed by atoms with Gasteiger partial charge in [-0.1, -0.05) is 37.8 Å². The van der Waals surface area contributed by atoms with Gasteiger partial charge in [-0.15, -0.1) is 0 Å². The standard InChI is InChI=1S/C31H40O4/c1-20(33)25-10-11-26-24-9-8-23-18-31(35,15-12-21-4-6-22(7-5-21)28(34)19-32)17-16-29(23,2)27(24)13-14-30(25,26)3/h4-7,23-27,32,35H,8-11,13-14,16-19H2,1-3H3/t23-,24+,25-,26+,27+,29+,30-,31-/m1/s1. The van der Waals surface area contributed by atoms with Gasteiger partial charge in [0.25, 0.3) is 0 Å². The average molecular weight is 477 g/mol. The summed E-state index contributed by atoms with van der Waals surface area (Å²) in [4.78, 5) is 24.0. The maximum atomic E-state index is 12.4. The molecule has 0 aliphatic heterocycles. The van der Waals surface area contributed by atoms with Gasteiger partial charge < -0.3 is 10.2 Å². The van der Waals surface area contributed by atoms with Crippen molar-refractivity contribution in [3.05, 3.63) is 35.4 Å². The lowest BCUT2D eigenvalue weighted by atomic mass is 9.44. The number of aliphatic hydroxyl groups is 2. The van der Waals surface area contributed by atoms with Crippen LogP contribution in [0.2, 0.25) is 0 Å². The maximum Gasteiger partial charge on any atom is 0.188 e. The molecule has 0 bridgehead atoms. The third-order valence-electron chi connectivity index (χ3n) is 11.0. The van der Waals surface area contributed by atoms with Crippen molar-refractivity contribution in [1.82, 2.24) is 0 Å². The quantitative estimate of drug-likeness (QED) is 0.465. The Labute approximate surface area is 209 Å². The zero-order valence-electron chi connectivity index (χ0n) is 21.5. The largest absolute Gasteiger partial charge is 0.388 e. The van der Waals surface area contributed by atoms with Crippen LogP contribution in [0.3, 0.4) is 0 Å². The molecule has 4 nitrogen and oxygen atoms in total. The Morgan fingerprint density at radius 2 is 1.66 bits per heavy atom. The van der Waals surface area contributed by atoms with E-state index < -0.39 is 12.2 Å². The zero-order valence-corrected chi connectivity index (χ0v) is 21.5. The van der Waals surface area contributed by atoms with Crippen molar-refractivity contribution < 1.29 is 19.8 Å². The fourth-order valence-corrected chi connectivity index (χ4v) is 9.05. The molecule has 0 heterocycles. The Morgan fingerprint density at radius 3 is 2.34 bits per heavy atom. The lowest BCUT2D eigenvalue weighted by Crippen LogP contribution is -2.56. The number of rotatable bonds is 3. The molecule has 4 aliphatic rings. The summed E-state index contributed by atoms with van der Waals surface area (Å²) in [5.74, 6) is 9.25. The monoisotopic (exact) mass is 476 g/mol. The van der Waals surface area contributed by atoms with Crippen molar-refractivity contribution in [3.8, 4) is 11.8 Å². The molecule has 0 radical (unpaired) electrons. The van der Waals surface area contributed by atoms with Crippen molar-refractivity contribution in [3.63, 3.8) is 0 Å². The van der Waals surface area contributed by atoms with Crippen LogP contribution >= 0.6 is 0 Å². The molecule has 188 valence electrons. The number of carbonyl (C=O) groups is 2. The molecule has 2 N–H and O–H groups in total. The number of hydrogen-bond donors (Lipinski definition) is 2. The molecule has 0 aromatic heterocycles. The summed E-state index contributed by atoms with van der Waals surface area (Å²) >= 11 is 0. The second-order valence-electron chi connectivity index (χ2n) is 12.6. The highest BCUT2D eigenvalue weighted by atomic mass is 16.3. The van der Waals surface area contributed by atoms with Crippen molar-refractivity contribution in [2.24, 2.45) is 40.4 Å². The molecule has 0 unspecified atom stereocenters. The Balaban J connectivity index is 1.31. The van der Waals surface area contributed by atoms with Gasteiger partial charge in [0.05, 0.1) is 0 Å². The zero-order chi connectivity index (χ0) is 25.0. The van der Waals surface area contributed by atoms with Crippen LogP contribution in [0.15, 0.2) is 24.3 Å². The molecule has 0 saturated heterocycles. The first-order chi connectivity index (χ1) is 16.6. The minimum Gasteiger partial charge on any atom is -0.388 e. The molecule has 1 aromatic rings. The van der Waals surface area contributed by atoms with E-state index in [1.165, 1.54) is 25.7 Å². The summed E-state index contributed by atoms with van der Waals surface area (Å²) in [6.45, 7) is 6.19. The summed E-state index contributed by atoms with van der Waals surface area (Å²) in [6.07, 6.45) is 9.49. The Kier molecular flexibility index (Phi) is 6.26. The number of fused-ring (bicyclic) bond motifs is 5. The number of aliphatic hydroxyl groups excluding tert-OH is 1. The number of carbonyl (C=O) groups excluding carboxylic acids is 2. The smallest absolute Gasteiger partial charge is 0.188 e. The average Bonchev–Trinajstić information content (AvgIpc) is 3.21. The van der Waals surface area contributed by atoms with Gasteiger partial charge >= 0.3 is 0 Å². The van der Waals surface area contributed by atoms with Crippen molar-refractivity contribution in [2.75, 3.05) is 6.61 Å². The molecule has 4 aliphatic carbocycles. The lowest BCUT2D eigenvalue weighted by Gasteiger charge is -2.61. The van der Waals surface area contributed by atoms with Gasteiger partial charge in [-0.2, -0.15) is 0 Å². The van der Waals surface area contributed by atoms with Gasteiger partial charge in [-0.25, -0.2) is 0 Å². The van der Waals surface area contributed by atoms with Gasteiger partial charge in [0.2, 0.25) is 0 Å². The van der Waals surface area contributed by atoms with E-state index in [1.807, 2.05) is 0 Å². The minimum atomic E-state index is -0.965. The predicted octanol–water partition coefficient (Wildman–Crippen LogP) is 5.19. The van der Waals surface area contributed by atoms with E-state index >= 15 is 0 Å². The first-order valence-electron chi connectivity index (χ1n) is 13.6. The van der Waals surface area contributed by atoms with E-state index in [2.05, 4.69) is 25.7 Å². The number of hydrogen-bond acceptors (Lipinski definition) is 4. The summed E-state index contributed by atoms with van der Waals surface area (Å²) in [6, 6.07) is 6.93. The fourth-order valence-electron chi connectivity index (χ4n) is 9.05. The molecular weight excluding hydrogens is 436 g/mol. The number of ketones is 2. The van der Waals surface area contributed by atoms with Crippen LogP contribution < -0.4 is 0 Å². The Hall–Kier alpha value is -1.96. The van der Waals surface area contributed by atoms with Crippen LogP contribution in [0.5, 0.6) is 0 Å². The van der Waals surface area contributed by atoms with Gasteiger partial charge in [-0.3, -0.25) is 9.59 Å². The van der Waals surface area contributed by atoms with Crippen LogP contribution in [0.25, 0.3) is 0 Å². The lowest BCUT2D eigenvalue weighted by molar-refractivity contribution is -0.144. The van der Waals surface area contributed by atoms with Gasteiger partial charge in [0.1, 0.15) is 18.0 Å². The molecule has 0 spiro atoms. The molecule has 4 heteroatoms. The molecule has 4 fully saturated rings. The Morgan fingerprint density at radius 1 is 0.943 bits per heavy atom. The van der Waals surface area contributed by atoms with E-state index in [1.54, 1.807) is 31.2 Å². The molecule has 5 rings (SSSR count). The first-order valence-corrected chi connectivity index (χ1v) is 13.6. The van der Waals surface area contributed by atoms with Crippen LogP contribution in [0.4, 0.5) is 0 Å². The highest BCUT2D eigenvalue weighted by Crippen LogP contribution is 2.68. The highest BCUT2D eigenvalue weighted by molar-refractivity contribution is 5.96. The van der Waals surface area contributed by atoms with Crippen LogP contribution in [0, 0.1) is 52.3 Å². The first kappa shape index (κ1) is 24.7. The molecular formula is C31H40O4. The summed E-state index contributed by atoms with van der Waals surface area (Å²) < 4.78 is 0. The molecule has 1 aromatic carbocycles. The molecule has 35 heavy (non-hydrogen) atoms. The second-order valence-corrected chi connectivity index (χ2v) is 12.6. The van der Waals surface area contributed by atoms with E-state index in [-0.39, 0.29) is 22.5 Å². The summed E-state index contributed by atoms with van der Waals surface area (Å²) in [5, 5.41) is 20.5. The Bertz CT molecular complexity index is 1060. The topological polar surface area (TPSA) is 74.6 Å². The predicted molar refractivity (Wildman–Crippen MR) is 136 cm³/mol. The SMILES string of the molecule is CC(=O)[C@H]1CC[C@H]2[C@@H]3CC[C@@H]4C[C@@](O)(C#Cc5ccc(C(=O)CO)cc5)CC[C@]4(C)[C@H]3CC[C@]12C. The van der Waals surface area contributed by atoms with Crippen molar-refractivity contribution >= 4 is 11.6 Å². The molecule has 4 saturated carbocycles. The van der Waals surface area contributed by atoms with Crippen LogP contribution in [-0.4, -0.2) is 34.0 Å².